The Morgan fingerprint density at radius 1 is 1.07 bits per heavy atom. The molecule has 4 rings (SSSR count). The van der Waals surface area contributed by atoms with Crippen LogP contribution in [0, 0.1) is 0 Å². The number of pyridine rings is 1. The fraction of sp³-hybridized carbons (Fsp3) is 0.0455. The van der Waals surface area contributed by atoms with E-state index in [1.165, 1.54) is 12.3 Å². The molecule has 3 N–H and O–H groups in total. The van der Waals surface area contributed by atoms with Crippen LogP contribution in [0.1, 0.15) is 15.9 Å². The largest absolute Gasteiger partial charge is 0.488 e. The Balaban J connectivity index is 1.42. The van der Waals surface area contributed by atoms with Gasteiger partial charge in [-0.1, -0.05) is 24.3 Å². The number of benzene rings is 2. The van der Waals surface area contributed by atoms with Gasteiger partial charge in [-0.25, -0.2) is 4.98 Å². The molecule has 0 fully saturated rings. The molecule has 2 amide bonds. The van der Waals surface area contributed by atoms with Crippen LogP contribution >= 0.6 is 0 Å². The van der Waals surface area contributed by atoms with Crippen LogP contribution in [0.2, 0.25) is 0 Å². The van der Waals surface area contributed by atoms with Crippen molar-refractivity contribution in [2.75, 3.05) is 11.9 Å². The molecule has 0 radical (unpaired) electrons. The standard InChI is InChI=1S/C22H17N3O4/c23-21(26)15-5-3-6-18(11-15)29-20-9-8-17(12-24-20)25-22(27)16-10-14-4-1-2-7-19(14)28-13-16/h1-12H,13H2,(H2,23,26)(H,25,27). The van der Waals surface area contributed by atoms with E-state index in [1.807, 2.05) is 30.3 Å². The van der Waals surface area contributed by atoms with Crippen LogP contribution in [0.4, 0.5) is 5.69 Å². The van der Waals surface area contributed by atoms with E-state index in [0.29, 0.717) is 28.5 Å². The second kappa shape index (κ2) is 7.85. The van der Waals surface area contributed by atoms with Gasteiger partial charge in [0.15, 0.2) is 0 Å². The summed E-state index contributed by atoms with van der Waals surface area (Å²) in [7, 11) is 0. The van der Waals surface area contributed by atoms with Crippen LogP contribution in [0.15, 0.2) is 72.4 Å². The molecular formula is C22H17N3O4. The van der Waals surface area contributed by atoms with E-state index in [2.05, 4.69) is 10.3 Å². The third-order valence-electron chi connectivity index (χ3n) is 4.26. The summed E-state index contributed by atoms with van der Waals surface area (Å²) < 4.78 is 11.2. The van der Waals surface area contributed by atoms with Crippen molar-refractivity contribution < 1.29 is 19.1 Å². The number of hydrogen-bond acceptors (Lipinski definition) is 5. The smallest absolute Gasteiger partial charge is 0.255 e. The molecule has 0 saturated carbocycles. The Labute approximate surface area is 166 Å². The third kappa shape index (κ3) is 4.24. The lowest BCUT2D eigenvalue weighted by Gasteiger charge is -2.17. The monoisotopic (exact) mass is 387 g/mol. The van der Waals surface area contributed by atoms with E-state index in [-0.39, 0.29) is 12.5 Å². The zero-order valence-electron chi connectivity index (χ0n) is 15.3. The van der Waals surface area contributed by atoms with Gasteiger partial charge in [-0.05, 0) is 36.4 Å². The number of ether oxygens (including phenoxy) is 2. The van der Waals surface area contributed by atoms with Crippen LogP contribution in [-0.4, -0.2) is 23.4 Å². The van der Waals surface area contributed by atoms with E-state index in [4.69, 9.17) is 15.2 Å². The van der Waals surface area contributed by atoms with Gasteiger partial charge in [0, 0.05) is 17.2 Å². The number of fused-ring (bicyclic) bond motifs is 1. The minimum Gasteiger partial charge on any atom is -0.488 e. The van der Waals surface area contributed by atoms with Gasteiger partial charge in [0.1, 0.15) is 18.1 Å². The topological polar surface area (TPSA) is 104 Å². The molecule has 0 saturated heterocycles. The highest BCUT2D eigenvalue weighted by molar-refractivity contribution is 6.07. The van der Waals surface area contributed by atoms with Crippen LogP contribution in [0.25, 0.3) is 6.08 Å². The number of anilines is 1. The van der Waals surface area contributed by atoms with Crippen LogP contribution in [0.5, 0.6) is 17.4 Å². The number of nitrogens with zero attached hydrogens (tertiary/aromatic N) is 1. The molecule has 1 aliphatic heterocycles. The molecule has 2 aromatic carbocycles. The number of nitrogens with two attached hydrogens (primary N) is 1. The molecule has 0 bridgehead atoms. The van der Waals surface area contributed by atoms with Gasteiger partial charge < -0.3 is 20.5 Å². The number of primary amides is 1. The fourth-order valence-corrected chi connectivity index (χ4v) is 2.81. The first-order valence-corrected chi connectivity index (χ1v) is 8.86. The van der Waals surface area contributed by atoms with Gasteiger partial charge in [0.25, 0.3) is 5.91 Å². The number of carbonyl (C=O) groups is 2. The van der Waals surface area contributed by atoms with Crippen molar-refractivity contribution >= 4 is 23.6 Å². The summed E-state index contributed by atoms with van der Waals surface area (Å²) in [6.45, 7) is 0.202. The number of para-hydroxylation sites is 1. The molecule has 3 aromatic rings. The molecule has 7 heteroatoms. The molecule has 29 heavy (non-hydrogen) atoms. The number of rotatable bonds is 5. The van der Waals surface area contributed by atoms with Crippen LogP contribution in [0.3, 0.4) is 0 Å². The highest BCUT2D eigenvalue weighted by Gasteiger charge is 2.17. The predicted octanol–water partition coefficient (Wildman–Crippen LogP) is 3.39. The van der Waals surface area contributed by atoms with Gasteiger partial charge in [-0.15, -0.1) is 0 Å². The van der Waals surface area contributed by atoms with Crippen molar-refractivity contribution in [2.24, 2.45) is 5.73 Å². The Morgan fingerprint density at radius 2 is 1.93 bits per heavy atom. The molecule has 0 aliphatic carbocycles. The van der Waals surface area contributed by atoms with Crippen molar-refractivity contribution in [2.45, 2.75) is 0 Å². The number of carbonyl (C=O) groups excluding carboxylic acids is 2. The maximum absolute atomic E-state index is 12.5. The van der Waals surface area contributed by atoms with Crippen LogP contribution < -0.4 is 20.5 Å². The Kier molecular flexibility index (Phi) is 4.94. The number of hydrogen-bond donors (Lipinski definition) is 2. The van der Waals surface area contributed by atoms with Gasteiger partial charge in [-0.2, -0.15) is 0 Å². The molecule has 0 spiro atoms. The molecule has 1 aromatic heterocycles. The second-order valence-electron chi connectivity index (χ2n) is 6.33. The maximum Gasteiger partial charge on any atom is 0.255 e. The SMILES string of the molecule is NC(=O)c1cccc(Oc2ccc(NC(=O)C3=Cc4ccccc4OC3)cn2)c1. The van der Waals surface area contributed by atoms with E-state index < -0.39 is 5.91 Å². The summed E-state index contributed by atoms with van der Waals surface area (Å²) in [5, 5.41) is 2.79. The lowest BCUT2D eigenvalue weighted by Crippen LogP contribution is -2.21. The summed E-state index contributed by atoms with van der Waals surface area (Å²) in [5.74, 6) is 0.717. The molecule has 1 aliphatic rings. The third-order valence-corrected chi connectivity index (χ3v) is 4.26. The van der Waals surface area contributed by atoms with Crippen LogP contribution in [-0.2, 0) is 4.79 Å². The average Bonchev–Trinajstić information content (AvgIpc) is 2.75. The predicted molar refractivity (Wildman–Crippen MR) is 108 cm³/mol. The number of amides is 2. The lowest BCUT2D eigenvalue weighted by molar-refractivity contribution is -0.113. The first-order valence-electron chi connectivity index (χ1n) is 8.86. The van der Waals surface area contributed by atoms with Gasteiger partial charge in [0.2, 0.25) is 11.8 Å². The summed E-state index contributed by atoms with van der Waals surface area (Å²) in [6.07, 6.45) is 3.30. The highest BCUT2D eigenvalue weighted by Crippen LogP contribution is 2.26. The van der Waals surface area contributed by atoms with Gasteiger partial charge in [-0.3, -0.25) is 9.59 Å². The number of aromatic nitrogens is 1. The normalized spacial score (nSPS) is 12.2. The highest BCUT2D eigenvalue weighted by atomic mass is 16.5. The van der Waals surface area contributed by atoms with Crippen molar-refractivity contribution in [3.05, 3.63) is 83.6 Å². The summed E-state index contributed by atoms with van der Waals surface area (Å²) in [5.41, 5.74) is 7.52. The lowest BCUT2D eigenvalue weighted by atomic mass is 10.1. The fourth-order valence-electron chi connectivity index (χ4n) is 2.81. The summed E-state index contributed by atoms with van der Waals surface area (Å²) >= 11 is 0. The van der Waals surface area contributed by atoms with Crippen molar-refractivity contribution in [3.63, 3.8) is 0 Å². The van der Waals surface area contributed by atoms with E-state index >= 15 is 0 Å². The Bertz CT molecular complexity index is 1110. The van der Waals surface area contributed by atoms with Crippen molar-refractivity contribution in [1.29, 1.82) is 0 Å². The first kappa shape index (κ1) is 18.2. The molecule has 2 heterocycles. The zero-order valence-corrected chi connectivity index (χ0v) is 15.3. The minimum absolute atomic E-state index is 0.202. The van der Waals surface area contributed by atoms with E-state index in [0.717, 1.165) is 11.3 Å². The summed E-state index contributed by atoms with van der Waals surface area (Å²) in [6, 6.07) is 17.3. The molecule has 144 valence electrons. The quantitative estimate of drug-likeness (QED) is 0.698. The van der Waals surface area contributed by atoms with Crippen molar-refractivity contribution in [3.8, 4) is 17.4 Å². The minimum atomic E-state index is -0.537. The van der Waals surface area contributed by atoms with E-state index in [1.54, 1.807) is 30.3 Å². The van der Waals surface area contributed by atoms with Crippen molar-refractivity contribution in [1.82, 2.24) is 4.98 Å². The second-order valence-corrected chi connectivity index (χ2v) is 6.33. The molecule has 7 nitrogen and oxygen atoms in total. The number of nitrogens with one attached hydrogen (secondary N) is 1. The molecular weight excluding hydrogens is 370 g/mol. The van der Waals surface area contributed by atoms with Gasteiger partial charge in [0.05, 0.1) is 17.5 Å². The average molecular weight is 387 g/mol. The Morgan fingerprint density at radius 3 is 2.72 bits per heavy atom. The zero-order chi connectivity index (χ0) is 20.2. The maximum atomic E-state index is 12.5. The van der Waals surface area contributed by atoms with Gasteiger partial charge >= 0.3 is 0 Å². The Hall–Kier alpha value is -4.13. The molecule has 0 unspecified atom stereocenters. The molecule has 0 atom stereocenters. The first-order chi connectivity index (χ1) is 14.1. The van der Waals surface area contributed by atoms with E-state index in [9.17, 15) is 9.59 Å². The summed E-state index contributed by atoms with van der Waals surface area (Å²) in [4.78, 5) is 27.9.